The molecule has 2 N–H and O–H groups in total. The van der Waals surface area contributed by atoms with E-state index >= 15 is 0 Å². The summed E-state index contributed by atoms with van der Waals surface area (Å²) in [5.41, 5.74) is 1.57. The van der Waals surface area contributed by atoms with Crippen molar-refractivity contribution in [3.8, 4) is 11.6 Å². The highest BCUT2D eigenvalue weighted by Gasteiger charge is 2.13. The number of H-pyrrole nitrogens is 1. The summed E-state index contributed by atoms with van der Waals surface area (Å²) >= 11 is 11.1. The van der Waals surface area contributed by atoms with E-state index in [9.17, 15) is 9.90 Å². The minimum atomic E-state index is -0.389. The summed E-state index contributed by atoms with van der Waals surface area (Å²) < 4.78 is 1.57. The highest BCUT2D eigenvalue weighted by molar-refractivity contribution is 7.71. The number of rotatable bonds is 2. The number of allylic oxidation sites excluding steroid dienone is 3. The normalized spacial score (nSPS) is 16.0. The standard InChI is InChI=1S/C17H15ClN2O2S/c18-12-6-8-13(9-7-12)20-16(22)14(15(21)19-17(20)23)10-11-4-2-1-3-5-11/h1-2,6-10,22H,3-5H2,(H,19,21,23). The van der Waals surface area contributed by atoms with Gasteiger partial charge in [-0.3, -0.25) is 14.3 Å². The summed E-state index contributed by atoms with van der Waals surface area (Å²) in [6.07, 6.45) is 8.54. The predicted octanol–water partition coefficient (Wildman–Crippen LogP) is 4.38. The summed E-state index contributed by atoms with van der Waals surface area (Å²) in [5.74, 6) is -0.164. The second-order valence-electron chi connectivity index (χ2n) is 5.33. The van der Waals surface area contributed by atoms with E-state index in [0.29, 0.717) is 10.7 Å². The van der Waals surface area contributed by atoms with Crippen LogP contribution in [0, 0.1) is 4.77 Å². The first-order valence-electron chi connectivity index (χ1n) is 7.25. The van der Waals surface area contributed by atoms with Crippen molar-refractivity contribution in [1.29, 1.82) is 0 Å². The summed E-state index contributed by atoms with van der Waals surface area (Å²) in [5, 5.41) is 11.2. The maximum absolute atomic E-state index is 12.2. The molecule has 1 aliphatic carbocycles. The van der Waals surface area contributed by atoms with Crippen molar-refractivity contribution in [2.45, 2.75) is 19.3 Å². The Hall–Kier alpha value is -2.11. The van der Waals surface area contributed by atoms with Crippen LogP contribution in [0.2, 0.25) is 5.02 Å². The maximum atomic E-state index is 12.2. The van der Waals surface area contributed by atoms with Crippen LogP contribution in [0.3, 0.4) is 0 Å². The number of aromatic hydroxyl groups is 1. The van der Waals surface area contributed by atoms with Gasteiger partial charge in [-0.2, -0.15) is 0 Å². The quantitative estimate of drug-likeness (QED) is 0.626. The number of benzene rings is 1. The second kappa shape index (κ2) is 6.56. The number of halogens is 1. The molecule has 3 rings (SSSR count). The number of aromatic amines is 1. The fourth-order valence-electron chi connectivity index (χ4n) is 2.56. The van der Waals surface area contributed by atoms with Gasteiger partial charge in [0.25, 0.3) is 5.56 Å². The number of hydrogen-bond acceptors (Lipinski definition) is 3. The highest BCUT2D eigenvalue weighted by atomic mass is 35.5. The van der Waals surface area contributed by atoms with Crippen LogP contribution in [0.25, 0.3) is 11.8 Å². The van der Waals surface area contributed by atoms with E-state index < -0.39 is 0 Å². The average Bonchev–Trinajstić information content (AvgIpc) is 2.54. The van der Waals surface area contributed by atoms with Crippen molar-refractivity contribution < 1.29 is 5.11 Å². The Morgan fingerprint density at radius 1 is 1.26 bits per heavy atom. The van der Waals surface area contributed by atoms with Crippen LogP contribution in [0.1, 0.15) is 24.8 Å². The number of nitrogens with one attached hydrogen (secondary N) is 1. The molecule has 0 aliphatic heterocycles. The third kappa shape index (κ3) is 3.30. The van der Waals surface area contributed by atoms with Gasteiger partial charge in [-0.1, -0.05) is 29.3 Å². The third-order valence-corrected chi connectivity index (χ3v) is 4.27. The molecule has 6 heteroatoms. The Morgan fingerprint density at radius 3 is 2.65 bits per heavy atom. The molecule has 1 heterocycles. The lowest BCUT2D eigenvalue weighted by Gasteiger charge is -2.13. The van der Waals surface area contributed by atoms with Crippen molar-refractivity contribution >= 4 is 29.9 Å². The van der Waals surface area contributed by atoms with Gasteiger partial charge >= 0.3 is 0 Å². The summed E-state index contributed by atoms with van der Waals surface area (Å²) in [6, 6.07) is 6.87. The van der Waals surface area contributed by atoms with Crippen LogP contribution >= 0.6 is 23.8 Å². The third-order valence-electron chi connectivity index (χ3n) is 3.73. The highest BCUT2D eigenvalue weighted by Crippen LogP contribution is 2.25. The molecule has 4 nitrogen and oxygen atoms in total. The van der Waals surface area contributed by atoms with Gasteiger partial charge in [0.1, 0.15) is 5.56 Å². The molecule has 1 aromatic carbocycles. The SMILES string of the molecule is O=c1[nH]c(=S)n(-c2ccc(Cl)cc2)c(O)c1C=C1CC=CCC1. The van der Waals surface area contributed by atoms with Crippen LogP contribution in [-0.4, -0.2) is 14.7 Å². The minimum absolute atomic E-state index is 0.139. The molecule has 1 aliphatic rings. The molecular weight excluding hydrogens is 332 g/mol. The van der Waals surface area contributed by atoms with E-state index in [1.165, 1.54) is 4.57 Å². The van der Waals surface area contributed by atoms with Crippen LogP contribution in [-0.2, 0) is 0 Å². The first-order valence-corrected chi connectivity index (χ1v) is 8.03. The van der Waals surface area contributed by atoms with Gasteiger partial charge in [0.2, 0.25) is 5.88 Å². The molecule has 0 amide bonds. The van der Waals surface area contributed by atoms with Gasteiger partial charge in [-0.25, -0.2) is 0 Å². The van der Waals surface area contributed by atoms with E-state index in [4.69, 9.17) is 23.8 Å². The molecule has 23 heavy (non-hydrogen) atoms. The zero-order chi connectivity index (χ0) is 16.4. The summed E-state index contributed by atoms with van der Waals surface area (Å²) in [4.78, 5) is 14.8. The molecule has 0 bridgehead atoms. The number of nitrogens with zero attached hydrogens (tertiary/aromatic N) is 1. The summed E-state index contributed by atoms with van der Waals surface area (Å²) in [7, 11) is 0. The zero-order valence-electron chi connectivity index (χ0n) is 12.3. The molecule has 0 saturated carbocycles. The Balaban J connectivity index is 2.17. The van der Waals surface area contributed by atoms with Crippen molar-refractivity contribution in [2.24, 2.45) is 0 Å². The lowest BCUT2D eigenvalue weighted by molar-refractivity contribution is 0.432. The van der Waals surface area contributed by atoms with Gasteiger partial charge in [0, 0.05) is 5.02 Å². The smallest absolute Gasteiger partial charge is 0.262 e. The average molecular weight is 347 g/mol. The molecule has 2 aromatic rings. The molecule has 0 spiro atoms. The van der Waals surface area contributed by atoms with Crippen LogP contribution in [0.5, 0.6) is 5.88 Å². The fraction of sp³-hybridized carbons (Fsp3) is 0.176. The number of hydrogen-bond donors (Lipinski definition) is 2. The molecular formula is C17H15ClN2O2S. The van der Waals surface area contributed by atoms with Crippen LogP contribution < -0.4 is 5.56 Å². The van der Waals surface area contributed by atoms with Crippen LogP contribution in [0.4, 0.5) is 0 Å². The fourth-order valence-corrected chi connectivity index (χ4v) is 2.97. The maximum Gasteiger partial charge on any atom is 0.262 e. The van der Waals surface area contributed by atoms with Gasteiger partial charge in [-0.05, 0) is 61.8 Å². The van der Waals surface area contributed by atoms with Gasteiger partial charge < -0.3 is 5.11 Å². The summed E-state index contributed by atoms with van der Waals surface area (Å²) in [6.45, 7) is 0. The van der Waals surface area contributed by atoms with E-state index in [-0.39, 0.29) is 21.8 Å². The molecule has 0 saturated heterocycles. The minimum Gasteiger partial charge on any atom is -0.494 e. The van der Waals surface area contributed by atoms with E-state index in [0.717, 1.165) is 24.8 Å². The van der Waals surface area contributed by atoms with Crippen LogP contribution in [0.15, 0.2) is 46.8 Å². The largest absolute Gasteiger partial charge is 0.494 e. The number of aromatic nitrogens is 2. The van der Waals surface area contributed by atoms with E-state index in [1.807, 2.05) is 0 Å². The molecule has 118 valence electrons. The Bertz CT molecular complexity index is 908. The molecule has 0 atom stereocenters. The van der Waals surface area contributed by atoms with Crippen molar-refractivity contribution in [2.75, 3.05) is 0 Å². The molecule has 0 radical (unpaired) electrons. The predicted molar refractivity (Wildman–Crippen MR) is 94.9 cm³/mol. The lowest BCUT2D eigenvalue weighted by Crippen LogP contribution is -2.16. The zero-order valence-corrected chi connectivity index (χ0v) is 13.8. The van der Waals surface area contributed by atoms with Gasteiger partial charge in [0.05, 0.1) is 5.69 Å². The molecule has 0 unspecified atom stereocenters. The first-order chi connectivity index (χ1) is 11.1. The van der Waals surface area contributed by atoms with E-state index in [2.05, 4.69) is 17.1 Å². The van der Waals surface area contributed by atoms with Gasteiger partial charge in [-0.15, -0.1) is 0 Å². The monoisotopic (exact) mass is 346 g/mol. The van der Waals surface area contributed by atoms with Gasteiger partial charge in [0.15, 0.2) is 4.77 Å². The first kappa shape index (κ1) is 15.8. The topological polar surface area (TPSA) is 58.0 Å². The Morgan fingerprint density at radius 2 is 2.00 bits per heavy atom. The Kier molecular flexibility index (Phi) is 4.50. The molecule has 1 aromatic heterocycles. The second-order valence-corrected chi connectivity index (χ2v) is 6.15. The molecule has 0 fully saturated rings. The Labute approximate surface area is 143 Å². The lowest BCUT2D eigenvalue weighted by atomic mass is 9.99. The van der Waals surface area contributed by atoms with Crippen molar-refractivity contribution in [1.82, 2.24) is 9.55 Å². The van der Waals surface area contributed by atoms with Crippen molar-refractivity contribution in [3.05, 3.63) is 67.7 Å². The van der Waals surface area contributed by atoms with E-state index in [1.54, 1.807) is 30.3 Å². The van der Waals surface area contributed by atoms with Crippen molar-refractivity contribution in [3.63, 3.8) is 0 Å².